The highest BCUT2D eigenvalue weighted by Gasteiger charge is 2.25. The van der Waals surface area contributed by atoms with Crippen LogP contribution in [0.15, 0.2) is 40.1 Å². The van der Waals surface area contributed by atoms with Gasteiger partial charge in [0.25, 0.3) is 16.8 Å². The van der Waals surface area contributed by atoms with E-state index in [0.717, 1.165) is 32.5 Å². The Kier molecular flexibility index (Phi) is 7.96. The van der Waals surface area contributed by atoms with Crippen LogP contribution in [0, 0.1) is 0 Å². The molecule has 1 unspecified atom stereocenters. The summed E-state index contributed by atoms with van der Waals surface area (Å²) in [6.07, 6.45) is 3.55. The van der Waals surface area contributed by atoms with E-state index in [1.54, 1.807) is 24.3 Å². The number of hydrogen-bond donors (Lipinski definition) is 4. The average Bonchev–Trinajstić information content (AvgIpc) is 2.90. The lowest BCUT2D eigenvalue weighted by Crippen LogP contribution is -2.47. The van der Waals surface area contributed by atoms with E-state index < -0.39 is 10.9 Å². The SMILES string of the molecule is CCN1CCCC(NC(=O)c2ccc(Nc3nccc(Nc4c(NC(C)(C)C)c(=O)c4=O)n3)c(OC)c2)C1. The van der Waals surface area contributed by atoms with Crippen molar-refractivity contribution in [2.24, 2.45) is 0 Å². The number of likely N-dealkylation sites (tertiary alicyclic amines) is 1. The van der Waals surface area contributed by atoms with Crippen LogP contribution in [0.25, 0.3) is 0 Å². The molecule has 1 atom stereocenters. The fourth-order valence-electron chi connectivity index (χ4n) is 4.41. The number of methoxy groups -OCH3 is 1. The fourth-order valence-corrected chi connectivity index (χ4v) is 4.41. The van der Waals surface area contributed by atoms with Crippen molar-refractivity contribution >= 4 is 34.7 Å². The van der Waals surface area contributed by atoms with Crippen molar-refractivity contribution in [3.8, 4) is 5.75 Å². The Bertz CT molecular complexity index is 1370. The fraction of sp³-hybridized carbons (Fsp3) is 0.444. The predicted octanol–water partition coefficient (Wildman–Crippen LogP) is 2.99. The number of carbonyl (C=O) groups excluding carboxylic acids is 1. The van der Waals surface area contributed by atoms with Gasteiger partial charge in [-0.15, -0.1) is 0 Å². The minimum Gasteiger partial charge on any atom is -0.495 e. The van der Waals surface area contributed by atoms with Crippen molar-refractivity contribution in [1.82, 2.24) is 20.2 Å². The molecule has 0 aliphatic carbocycles. The highest BCUT2D eigenvalue weighted by atomic mass is 16.5. The van der Waals surface area contributed by atoms with Crippen LogP contribution in [0.5, 0.6) is 5.75 Å². The summed E-state index contributed by atoms with van der Waals surface area (Å²) < 4.78 is 5.52. The van der Waals surface area contributed by atoms with Crippen LogP contribution in [0.4, 0.5) is 28.8 Å². The van der Waals surface area contributed by atoms with Crippen molar-refractivity contribution < 1.29 is 9.53 Å². The van der Waals surface area contributed by atoms with E-state index in [-0.39, 0.29) is 34.8 Å². The predicted molar refractivity (Wildman–Crippen MR) is 149 cm³/mol. The maximum Gasteiger partial charge on any atom is 0.253 e. The van der Waals surface area contributed by atoms with Gasteiger partial charge in [-0.3, -0.25) is 14.4 Å². The van der Waals surface area contributed by atoms with Crippen LogP contribution >= 0.6 is 0 Å². The van der Waals surface area contributed by atoms with Gasteiger partial charge in [0.15, 0.2) is 0 Å². The standard InChI is InChI=1S/C27H35N7O4/c1-6-34-13-7-8-17(15-34)29-25(37)16-9-10-18(19(14-16)38-5)30-26-28-12-11-20(32-26)31-21-22(24(36)23(21)35)33-27(2,3)4/h9-12,14,17,33H,6-8,13,15H2,1-5H3,(H,29,37)(H2,28,30,31,32). The van der Waals surface area contributed by atoms with Crippen LogP contribution in [-0.4, -0.2) is 59.1 Å². The van der Waals surface area contributed by atoms with Crippen molar-refractivity contribution in [3.05, 3.63) is 56.5 Å². The summed E-state index contributed by atoms with van der Waals surface area (Å²) in [5, 5.41) is 12.2. The molecule has 0 bridgehead atoms. The Morgan fingerprint density at radius 3 is 2.61 bits per heavy atom. The maximum atomic E-state index is 12.9. The van der Waals surface area contributed by atoms with Gasteiger partial charge in [-0.1, -0.05) is 6.92 Å². The number of rotatable bonds is 9. The molecule has 11 heteroatoms. The molecule has 1 fully saturated rings. The molecule has 1 aliphatic rings. The summed E-state index contributed by atoms with van der Waals surface area (Å²) in [7, 11) is 1.52. The second-order valence-corrected chi connectivity index (χ2v) is 10.4. The Hall–Kier alpha value is -3.99. The third kappa shape index (κ3) is 6.28. The van der Waals surface area contributed by atoms with Gasteiger partial charge < -0.3 is 30.9 Å². The summed E-state index contributed by atoms with van der Waals surface area (Å²) in [4.78, 5) is 48.1. The number of amides is 1. The molecule has 1 amide bonds. The van der Waals surface area contributed by atoms with Gasteiger partial charge in [-0.05, 0) is 71.0 Å². The zero-order valence-corrected chi connectivity index (χ0v) is 22.5. The summed E-state index contributed by atoms with van der Waals surface area (Å²) in [6.45, 7) is 10.7. The van der Waals surface area contributed by atoms with Gasteiger partial charge in [0.05, 0.1) is 12.8 Å². The number of hydrogen-bond acceptors (Lipinski definition) is 10. The molecular formula is C27H35N7O4. The van der Waals surface area contributed by atoms with E-state index in [2.05, 4.69) is 43.1 Å². The van der Waals surface area contributed by atoms with E-state index in [4.69, 9.17) is 4.74 Å². The van der Waals surface area contributed by atoms with Crippen LogP contribution in [0.3, 0.4) is 0 Å². The third-order valence-corrected chi connectivity index (χ3v) is 6.32. The lowest BCUT2D eigenvalue weighted by Gasteiger charge is -2.32. The molecule has 4 N–H and O–H groups in total. The molecule has 202 valence electrons. The van der Waals surface area contributed by atoms with Gasteiger partial charge >= 0.3 is 0 Å². The lowest BCUT2D eigenvalue weighted by molar-refractivity contribution is 0.0905. The van der Waals surface area contributed by atoms with Crippen molar-refractivity contribution in [3.63, 3.8) is 0 Å². The number of carbonyl (C=O) groups is 1. The highest BCUT2D eigenvalue weighted by molar-refractivity contribution is 5.95. The topological polar surface area (TPSA) is 138 Å². The van der Waals surface area contributed by atoms with Gasteiger partial charge in [0.1, 0.15) is 22.9 Å². The van der Waals surface area contributed by atoms with E-state index >= 15 is 0 Å². The van der Waals surface area contributed by atoms with Gasteiger partial charge in [0, 0.05) is 29.9 Å². The second-order valence-electron chi connectivity index (χ2n) is 10.4. The van der Waals surface area contributed by atoms with Crippen molar-refractivity contribution in [2.45, 2.75) is 52.1 Å². The summed E-state index contributed by atoms with van der Waals surface area (Å²) in [6, 6.07) is 6.84. The largest absolute Gasteiger partial charge is 0.495 e. The first-order chi connectivity index (χ1) is 18.1. The zero-order valence-electron chi connectivity index (χ0n) is 22.5. The molecular weight excluding hydrogens is 486 g/mol. The Morgan fingerprint density at radius 2 is 1.89 bits per heavy atom. The molecule has 0 spiro atoms. The molecule has 11 nitrogen and oxygen atoms in total. The monoisotopic (exact) mass is 521 g/mol. The van der Waals surface area contributed by atoms with Crippen LogP contribution in [0.2, 0.25) is 0 Å². The molecule has 0 saturated carbocycles. The zero-order chi connectivity index (χ0) is 27.4. The Morgan fingerprint density at radius 1 is 1.13 bits per heavy atom. The number of likely N-dealkylation sites (N-methyl/N-ethyl adjacent to an activating group) is 1. The first kappa shape index (κ1) is 27.1. The number of piperidine rings is 1. The van der Waals surface area contributed by atoms with Crippen LogP contribution in [-0.2, 0) is 0 Å². The molecule has 38 heavy (non-hydrogen) atoms. The first-order valence-electron chi connectivity index (χ1n) is 12.8. The molecule has 1 aromatic heterocycles. The molecule has 2 heterocycles. The minimum atomic E-state index is -0.601. The number of aromatic nitrogens is 2. The smallest absolute Gasteiger partial charge is 0.253 e. The first-order valence-corrected chi connectivity index (χ1v) is 12.8. The van der Waals surface area contributed by atoms with Gasteiger partial charge in [-0.25, -0.2) is 4.98 Å². The number of nitrogens with one attached hydrogen (secondary N) is 4. The number of benzene rings is 1. The molecule has 1 aliphatic heterocycles. The van der Waals surface area contributed by atoms with E-state index in [0.29, 0.717) is 22.8 Å². The Labute approximate surface area is 221 Å². The normalized spacial score (nSPS) is 16.2. The maximum absolute atomic E-state index is 12.9. The van der Waals surface area contributed by atoms with Gasteiger partial charge in [0.2, 0.25) is 5.95 Å². The number of nitrogens with zero attached hydrogens (tertiary/aromatic N) is 3. The molecule has 1 saturated heterocycles. The average molecular weight is 522 g/mol. The summed E-state index contributed by atoms with van der Waals surface area (Å²) in [5.41, 5.74) is -0.0742. The Balaban J connectivity index is 1.46. The highest BCUT2D eigenvalue weighted by Crippen LogP contribution is 2.29. The summed E-state index contributed by atoms with van der Waals surface area (Å²) in [5.74, 6) is 0.900. The van der Waals surface area contributed by atoms with E-state index in [1.807, 2.05) is 20.8 Å². The molecule has 0 radical (unpaired) electrons. The molecule has 2 aromatic carbocycles. The minimum absolute atomic E-state index is 0.121. The van der Waals surface area contributed by atoms with Crippen molar-refractivity contribution in [2.75, 3.05) is 42.7 Å². The quantitative estimate of drug-likeness (QED) is 0.311. The molecule has 3 aromatic rings. The number of ether oxygens (including phenoxy) is 1. The second kappa shape index (κ2) is 11.2. The van der Waals surface area contributed by atoms with Crippen molar-refractivity contribution in [1.29, 1.82) is 0 Å². The third-order valence-electron chi connectivity index (χ3n) is 6.32. The lowest BCUT2D eigenvalue weighted by atomic mass is 10.0. The number of anilines is 5. The molecule has 4 rings (SSSR count). The van der Waals surface area contributed by atoms with Crippen LogP contribution < -0.4 is 36.9 Å². The summed E-state index contributed by atoms with van der Waals surface area (Å²) >= 11 is 0. The van der Waals surface area contributed by atoms with E-state index in [9.17, 15) is 14.4 Å². The van der Waals surface area contributed by atoms with E-state index in [1.165, 1.54) is 13.3 Å². The van der Waals surface area contributed by atoms with Crippen LogP contribution in [0.1, 0.15) is 50.9 Å². The van der Waals surface area contributed by atoms with Gasteiger partial charge in [-0.2, -0.15) is 4.98 Å².